The second-order valence-electron chi connectivity index (χ2n) is 9.57. The summed E-state index contributed by atoms with van der Waals surface area (Å²) in [7, 11) is 0. The summed E-state index contributed by atoms with van der Waals surface area (Å²) >= 11 is 0. The van der Waals surface area contributed by atoms with Gasteiger partial charge in [-0.05, 0) is 80.8 Å². The number of oxime groups is 1. The van der Waals surface area contributed by atoms with Crippen LogP contribution in [0, 0.1) is 35.0 Å². The number of aliphatic hydroxyl groups excluding tert-OH is 1. The largest absolute Gasteiger partial charge is 0.451 e. The third kappa shape index (κ3) is 2.27. The van der Waals surface area contributed by atoms with Crippen molar-refractivity contribution in [3.63, 3.8) is 0 Å². The normalized spacial score (nSPS) is 49.6. The van der Waals surface area contributed by atoms with Gasteiger partial charge in [0.25, 0.3) is 0 Å². The highest BCUT2D eigenvalue weighted by molar-refractivity contribution is 5.96. The average molecular weight is 371 g/mol. The van der Waals surface area contributed by atoms with Crippen LogP contribution >= 0.6 is 0 Å². The molecule has 3 unspecified atom stereocenters. The van der Waals surface area contributed by atoms with Crippen molar-refractivity contribution in [3.05, 3.63) is 23.8 Å². The molecule has 0 aromatic carbocycles. The fourth-order valence-corrected chi connectivity index (χ4v) is 7.53. The highest BCUT2D eigenvalue weighted by Crippen LogP contribution is 2.67. The van der Waals surface area contributed by atoms with Gasteiger partial charge in [0.05, 0.1) is 5.71 Å². The fourth-order valence-electron chi connectivity index (χ4n) is 7.53. The molecule has 146 valence electrons. The minimum absolute atomic E-state index is 0.00440. The van der Waals surface area contributed by atoms with Crippen molar-refractivity contribution in [1.29, 1.82) is 0 Å². The predicted octanol–water partition coefficient (Wildman–Crippen LogP) is 3.46. The summed E-state index contributed by atoms with van der Waals surface area (Å²) in [5, 5.41) is 22.7. The van der Waals surface area contributed by atoms with Crippen LogP contribution in [0.3, 0.4) is 0 Å². The number of rotatable bonds is 1. The zero-order valence-electron chi connectivity index (χ0n) is 15.9. The first-order valence-electron chi connectivity index (χ1n) is 10.5. The first kappa shape index (κ1) is 17.5. The van der Waals surface area contributed by atoms with E-state index in [0.717, 1.165) is 50.7 Å². The summed E-state index contributed by atoms with van der Waals surface area (Å²) in [5.41, 5.74) is 1.65. The first-order chi connectivity index (χ1) is 13.0. The molecular weight excluding hydrogens is 342 g/mol. The minimum Gasteiger partial charge on any atom is -0.451 e. The number of ether oxygens (including phenoxy) is 1. The van der Waals surface area contributed by atoms with Crippen LogP contribution in [-0.4, -0.2) is 34.2 Å². The van der Waals surface area contributed by atoms with E-state index in [1.807, 2.05) is 6.08 Å². The van der Waals surface area contributed by atoms with E-state index in [9.17, 15) is 15.1 Å². The Labute approximate surface area is 160 Å². The smallest absolute Gasteiger partial charge is 0.331 e. The molecule has 0 amide bonds. The molecule has 7 atom stereocenters. The summed E-state index contributed by atoms with van der Waals surface area (Å²) in [4.78, 5) is 11.9. The van der Waals surface area contributed by atoms with E-state index < -0.39 is 5.60 Å². The van der Waals surface area contributed by atoms with Gasteiger partial charge in [-0.15, -0.1) is 0 Å². The SMILES string of the molecule is C[C@]12CCC3C(C[C@@H](CO)C4=C/C(=N/O)CC[C@@H]43)C1CC[C@@]21C=CC(=O)O1. The molecule has 0 aromatic heterocycles. The molecule has 0 saturated heterocycles. The maximum Gasteiger partial charge on any atom is 0.331 e. The number of hydrogen-bond donors (Lipinski definition) is 2. The summed E-state index contributed by atoms with van der Waals surface area (Å²) in [5.74, 6) is 2.21. The van der Waals surface area contributed by atoms with E-state index in [1.54, 1.807) is 6.08 Å². The van der Waals surface area contributed by atoms with Crippen LogP contribution in [-0.2, 0) is 9.53 Å². The van der Waals surface area contributed by atoms with E-state index in [-0.39, 0.29) is 23.9 Å². The number of esters is 1. The predicted molar refractivity (Wildman–Crippen MR) is 100 cm³/mol. The Morgan fingerprint density at radius 1 is 1.26 bits per heavy atom. The number of nitrogens with zero attached hydrogens (tertiary/aromatic N) is 1. The van der Waals surface area contributed by atoms with Gasteiger partial charge < -0.3 is 15.1 Å². The molecule has 3 saturated carbocycles. The second kappa shape index (κ2) is 5.94. The Kier molecular flexibility index (Phi) is 3.84. The Hall–Kier alpha value is -1.62. The summed E-state index contributed by atoms with van der Waals surface area (Å²) in [6.45, 7) is 2.49. The highest BCUT2D eigenvalue weighted by atomic mass is 16.6. The molecule has 5 heteroatoms. The third-order valence-electron chi connectivity index (χ3n) is 8.81. The number of hydrogen-bond acceptors (Lipinski definition) is 5. The van der Waals surface area contributed by atoms with Crippen molar-refractivity contribution in [1.82, 2.24) is 0 Å². The van der Waals surface area contributed by atoms with E-state index >= 15 is 0 Å². The van der Waals surface area contributed by atoms with Gasteiger partial charge in [0.1, 0.15) is 5.60 Å². The van der Waals surface area contributed by atoms with Gasteiger partial charge in [-0.1, -0.05) is 17.7 Å². The van der Waals surface area contributed by atoms with Gasteiger partial charge in [0.15, 0.2) is 0 Å². The standard InChI is InChI=1S/C22H29NO4/c1-21-7-4-16-15-3-2-14(23-26)11-17(15)13(12-24)10-18(16)19(21)5-8-22(21)9-6-20(25)27-22/h6,9,11,13,15-16,18-19,24,26H,2-5,7-8,10,12H2,1H3/b23-14+/t13-,15+,16?,18?,19?,21-,22+/m0/s1. The molecule has 1 heterocycles. The third-order valence-corrected chi connectivity index (χ3v) is 8.81. The summed E-state index contributed by atoms with van der Waals surface area (Å²) in [6, 6.07) is 0. The number of aliphatic hydroxyl groups is 1. The lowest BCUT2D eigenvalue weighted by Gasteiger charge is -2.56. The molecule has 0 radical (unpaired) electrons. The highest BCUT2D eigenvalue weighted by Gasteiger charge is 2.65. The molecule has 0 aromatic rings. The van der Waals surface area contributed by atoms with Gasteiger partial charge >= 0.3 is 5.97 Å². The second-order valence-corrected chi connectivity index (χ2v) is 9.57. The van der Waals surface area contributed by atoms with E-state index in [4.69, 9.17) is 4.74 Å². The molecular formula is C22H29NO4. The molecule has 5 nitrogen and oxygen atoms in total. The minimum atomic E-state index is -0.409. The first-order valence-corrected chi connectivity index (χ1v) is 10.5. The molecule has 1 spiro atoms. The van der Waals surface area contributed by atoms with Crippen molar-refractivity contribution < 1.29 is 19.8 Å². The molecule has 2 N–H and O–H groups in total. The van der Waals surface area contributed by atoms with Crippen molar-refractivity contribution in [2.75, 3.05) is 6.61 Å². The van der Waals surface area contributed by atoms with Crippen LogP contribution in [0.5, 0.6) is 0 Å². The Bertz CT molecular complexity index is 755. The average Bonchev–Trinajstić information content (AvgIpc) is 3.21. The van der Waals surface area contributed by atoms with Gasteiger partial charge in [0, 0.05) is 24.0 Å². The molecule has 5 aliphatic rings. The lowest BCUT2D eigenvalue weighted by molar-refractivity contribution is -0.161. The topological polar surface area (TPSA) is 79.1 Å². The van der Waals surface area contributed by atoms with Crippen molar-refractivity contribution in [3.8, 4) is 0 Å². The van der Waals surface area contributed by atoms with E-state index in [1.165, 1.54) is 5.57 Å². The maximum atomic E-state index is 11.9. The van der Waals surface area contributed by atoms with Crippen LogP contribution in [0.2, 0.25) is 0 Å². The Morgan fingerprint density at radius 2 is 2.11 bits per heavy atom. The number of carbonyl (C=O) groups excluding carboxylic acids is 1. The van der Waals surface area contributed by atoms with Gasteiger partial charge in [-0.2, -0.15) is 0 Å². The molecule has 3 fully saturated rings. The molecule has 5 rings (SSSR count). The quantitative estimate of drug-likeness (QED) is 0.420. The van der Waals surface area contributed by atoms with Crippen LogP contribution < -0.4 is 0 Å². The Morgan fingerprint density at radius 3 is 2.81 bits per heavy atom. The van der Waals surface area contributed by atoms with Gasteiger partial charge in [0.2, 0.25) is 0 Å². The monoisotopic (exact) mass is 371 g/mol. The van der Waals surface area contributed by atoms with E-state index in [2.05, 4.69) is 18.2 Å². The van der Waals surface area contributed by atoms with Crippen LogP contribution in [0.1, 0.15) is 51.9 Å². The van der Waals surface area contributed by atoms with Crippen LogP contribution in [0.4, 0.5) is 0 Å². The molecule has 1 aliphatic heterocycles. The lowest BCUT2D eigenvalue weighted by atomic mass is 9.49. The molecule has 27 heavy (non-hydrogen) atoms. The molecule has 0 bridgehead atoms. The zero-order chi connectivity index (χ0) is 18.8. The van der Waals surface area contributed by atoms with Crippen molar-refractivity contribution in [2.24, 2.45) is 40.2 Å². The maximum absolute atomic E-state index is 11.9. The van der Waals surface area contributed by atoms with Crippen molar-refractivity contribution in [2.45, 2.75) is 57.5 Å². The zero-order valence-corrected chi connectivity index (χ0v) is 15.9. The van der Waals surface area contributed by atoms with Gasteiger partial charge in [-0.25, -0.2) is 4.79 Å². The number of allylic oxidation sites excluding steroid dienone is 1. The lowest BCUT2D eigenvalue weighted by Crippen LogP contribution is -2.53. The van der Waals surface area contributed by atoms with Crippen LogP contribution in [0.15, 0.2) is 29.0 Å². The fraction of sp³-hybridized carbons (Fsp3) is 0.727. The van der Waals surface area contributed by atoms with Gasteiger partial charge in [-0.3, -0.25) is 0 Å². The summed E-state index contributed by atoms with van der Waals surface area (Å²) < 4.78 is 5.90. The molecule has 4 aliphatic carbocycles. The Balaban J connectivity index is 1.49. The number of fused-ring (bicyclic) bond motifs is 6. The van der Waals surface area contributed by atoms with E-state index in [0.29, 0.717) is 23.7 Å². The van der Waals surface area contributed by atoms with Crippen molar-refractivity contribution >= 4 is 11.7 Å². The summed E-state index contributed by atoms with van der Waals surface area (Å²) in [6.07, 6.45) is 12.8. The number of carbonyl (C=O) groups is 1. The van der Waals surface area contributed by atoms with Crippen LogP contribution in [0.25, 0.3) is 0 Å².